The Kier molecular flexibility index (Phi) is 3.04. The summed E-state index contributed by atoms with van der Waals surface area (Å²) in [5.41, 5.74) is 15.1. The van der Waals surface area contributed by atoms with Crippen LogP contribution in [-0.2, 0) is 19.3 Å². The first-order valence-corrected chi connectivity index (χ1v) is 8.48. The van der Waals surface area contributed by atoms with Crippen LogP contribution in [0.25, 0.3) is 17.2 Å². The van der Waals surface area contributed by atoms with Gasteiger partial charge in [0.25, 0.3) is 0 Å². The van der Waals surface area contributed by atoms with Gasteiger partial charge in [-0.25, -0.2) is 0 Å². The molecule has 4 rings (SSSR count). The van der Waals surface area contributed by atoms with Crippen LogP contribution in [-0.4, -0.2) is 0 Å². The molecule has 2 aromatic rings. The van der Waals surface area contributed by atoms with Gasteiger partial charge in [-0.3, -0.25) is 0 Å². The second-order valence-corrected chi connectivity index (χ2v) is 7.16. The summed E-state index contributed by atoms with van der Waals surface area (Å²) in [5.74, 6) is 0. The summed E-state index contributed by atoms with van der Waals surface area (Å²) >= 11 is 0. The number of hydrogen-bond donors (Lipinski definition) is 0. The van der Waals surface area contributed by atoms with E-state index in [-0.39, 0.29) is 0 Å². The lowest BCUT2D eigenvalue weighted by molar-refractivity contribution is 0.911. The van der Waals surface area contributed by atoms with Gasteiger partial charge in [-0.2, -0.15) is 0 Å². The fourth-order valence-electron chi connectivity index (χ4n) is 4.27. The molecule has 0 unspecified atom stereocenters. The molecule has 0 heterocycles. The Hall–Kier alpha value is -1.82. The quantitative estimate of drug-likeness (QED) is 0.629. The number of fused-ring (bicyclic) bond motifs is 2. The molecule has 112 valence electrons. The van der Waals surface area contributed by atoms with E-state index in [9.17, 15) is 0 Å². The van der Waals surface area contributed by atoms with Crippen molar-refractivity contribution in [3.63, 3.8) is 0 Å². The first-order valence-electron chi connectivity index (χ1n) is 8.48. The molecule has 2 aromatic carbocycles. The van der Waals surface area contributed by atoms with Crippen LogP contribution in [0.1, 0.15) is 52.3 Å². The van der Waals surface area contributed by atoms with Gasteiger partial charge in [-0.1, -0.05) is 29.8 Å². The number of rotatable bonds is 1. The number of benzene rings is 2. The molecule has 0 saturated carbocycles. The van der Waals surface area contributed by atoms with Crippen molar-refractivity contribution in [2.75, 3.05) is 0 Å². The lowest BCUT2D eigenvalue weighted by Gasteiger charge is -2.18. The van der Waals surface area contributed by atoms with Gasteiger partial charge in [0.15, 0.2) is 0 Å². The normalized spacial score (nSPS) is 15.7. The van der Waals surface area contributed by atoms with Crippen molar-refractivity contribution in [1.29, 1.82) is 0 Å². The third kappa shape index (κ3) is 1.90. The summed E-state index contributed by atoms with van der Waals surface area (Å²) in [4.78, 5) is 0. The van der Waals surface area contributed by atoms with E-state index in [1.807, 2.05) is 0 Å². The molecule has 0 aromatic heterocycles. The zero-order valence-electron chi connectivity index (χ0n) is 14.1. The van der Waals surface area contributed by atoms with Crippen molar-refractivity contribution >= 4 is 6.08 Å². The van der Waals surface area contributed by atoms with Gasteiger partial charge in [0.2, 0.25) is 0 Å². The predicted octanol–water partition coefficient (Wildman–Crippen LogP) is 5.73. The fourth-order valence-corrected chi connectivity index (χ4v) is 4.27. The summed E-state index contributed by atoms with van der Waals surface area (Å²) in [6, 6.07) is 7.14. The monoisotopic (exact) mass is 288 g/mol. The van der Waals surface area contributed by atoms with Gasteiger partial charge >= 0.3 is 0 Å². The first-order chi connectivity index (χ1) is 10.6. The van der Waals surface area contributed by atoms with Gasteiger partial charge in [-0.15, -0.1) is 0 Å². The summed E-state index contributed by atoms with van der Waals surface area (Å²) in [6.45, 7) is 9.04. The molecule has 0 bridgehead atoms. The number of hydrogen-bond acceptors (Lipinski definition) is 0. The first kappa shape index (κ1) is 13.8. The largest absolute Gasteiger partial charge is 0.0683 e. The van der Waals surface area contributed by atoms with Crippen molar-refractivity contribution in [2.24, 2.45) is 0 Å². The summed E-state index contributed by atoms with van der Waals surface area (Å²) < 4.78 is 0. The molecule has 22 heavy (non-hydrogen) atoms. The van der Waals surface area contributed by atoms with E-state index < -0.39 is 0 Å². The summed E-state index contributed by atoms with van der Waals surface area (Å²) in [7, 11) is 0. The zero-order chi connectivity index (χ0) is 15.4. The van der Waals surface area contributed by atoms with E-state index in [1.165, 1.54) is 52.7 Å². The van der Waals surface area contributed by atoms with Crippen LogP contribution in [0.3, 0.4) is 0 Å². The average molecular weight is 288 g/mol. The summed E-state index contributed by atoms with van der Waals surface area (Å²) in [6.07, 6.45) is 7.39. The standard InChI is InChI=1S/C22H24/c1-13-10-18-12-17-6-5-7-20(17)22(21(18)11-13)19-9-8-14(2)15(3)16(19)4/h8-9,11-12H,5-7,10H2,1-4H3. The van der Waals surface area contributed by atoms with Crippen LogP contribution in [0.5, 0.6) is 0 Å². The van der Waals surface area contributed by atoms with Crippen molar-refractivity contribution in [3.05, 3.63) is 62.7 Å². The van der Waals surface area contributed by atoms with E-state index in [0.29, 0.717) is 0 Å². The van der Waals surface area contributed by atoms with Crippen LogP contribution in [0, 0.1) is 20.8 Å². The minimum Gasteiger partial charge on any atom is -0.0683 e. The van der Waals surface area contributed by atoms with Crippen LogP contribution in [0.15, 0.2) is 23.8 Å². The Balaban J connectivity index is 2.06. The smallest absolute Gasteiger partial charge is 0.00603 e. The molecule has 0 spiro atoms. The van der Waals surface area contributed by atoms with Crippen molar-refractivity contribution in [3.8, 4) is 11.1 Å². The topological polar surface area (TPSA) is 0 Å². The molecule has 0 aliphatic heterocycles. The minimum atomic E-state index is 1.14. The van der Waals surface area contributed by atoms with Crippen molar-refractivity contribution in [2.45, 2.75) is 53.4 Å². The van der Waals surface area contributed by atoms with Gasteiger partial charge in [0.05, 0.1) is 0 Å². The molecular formula is C22H24. The third-order valence-corrected chi connectivity index (χ3v) is 5.71. The second-order valence-electron chi connectivity index (χ2n) is 7.16. The molecule has 0 saturated heterocycles. The number of allylic oxidation sites excluding steroid dienone is 1. The Morgan fingerprint density at radius 3 is 2.50 bits per heavy atom. The van der Waals surface area contributed by atoms with Gasteiger partial charge in [0, 0.05) is 0 Å². The maximum atomic E-state index is 2.49. The van der Waals surface area contributed by atoms with E-state index >= 15 is 0 Å². The van der Waals surface area contributed by atoms with Crippen LogP contribution < -0.4 is 0 Å². The molecule has 2 aliphatic carbocycles. The maximum absolute atomic E-state index is 2.49. The SMILES string of the molecule is CC1=Cc2c(cc3c(c2-c2ccc(C)c(C)c2C)CCC3)C1. The molecule has 0 atom stereocenters. The van der Waals surface area contributed by atoms with E-state index in [1.54, 1.807) is 22.3 Å². The lowest BCUT2D eigenvalue weighted by atomic mass is 9.86. The predicted molar refractivity (Wildman–Crippen MR) is 95.5 cm³/mol. The van der Waals surface area contributed by atoms with Gasteiger partial charge in [-0.05, 0) is 103 Å². The Labute approximate surface area is 133 Å². The second kappa shape index (κ2) is 4.84. The lowest BCUT2D eigenvalue weighted by Crippen LogP contribution is -1.99. The minimum absolute atomic E-state index is 1.14. The van der Waals surface area contributed by atoms with Crippen molar-refractivity contribution < 1.29 is 0 Å². The van der Waals surface area contributed by atoms with Gasteiger partial charge in [0.1, 0.15) is 0 Å². The summed E-state index contributed by atoms with van der Waals surface area (Å²) in [5, 5.41) is 0. The number of aryl methyl sites for hydroxylation is 2. The molecule has 0 nitrogen and oxygen atoms in total. The zero-order valence-corrected chi connectivity index (χ0v) is 14.1. The highest BCUT2D eigenvalue weighted by molar-refractivity contribution is 5.86. The maximum Gasteiger partial charge on any atom is -0.00603 e. The van der Waals surface area contributed by atoms with Gasteiger partial charge < -0.3 is 0 Å². The highest BCUT2D eigenvalue weighted by atomic mass is 14.3. The Bertz CT molecular complexity index is 819. The molecule has 0 radical (unpaired) electrons. The molecule has 0 amide bonds. The average Bonchev–Trinajstić information content (AvgIpc) is 3.08. The van der Waals surface area contributed by atoms with Crippen LogP contribution >= 0.6 is 0 Å². The third-order valence-electron chi connectivity index (χ3n) is 5.71. The van der Waals surface area contributed by atoms with E-state index in [4.69, 9.17) is 0 Å². The van der Waals surface area contributed by atoms with E-state index in [0.717, 1.165) is 6.42 Å². The molecule has 0 heteroatoms. The highest BCUT2D eigenvalue weighted by Crippen LogP contribution is 2.43. The Morgan fingerprint density at radius 1 is 0.864 bits per heavy atom. The van der Waals surface area contributed by atoms with E-state index in [2.05, 4.69) is 52.0 Å². The molecule has 0 fully saturated rings. The van der Waals surface area contributed by atoms with Crippen LogP contribution in [0.2, 0.25) is 0 Å². The molecule has 0 N–H and O–H groups in total. The molecule has 2 aliphatic rings. The van der Waals surface area contributed by atoms with Crippen LogP contribution in [0.4, 0.5) is 0 Å². The van der Waals surface area contributed by atoms with Crippen molar-refractivity contribution in [1.82, 2.24) is 0 Å². The Morgan fingerprint density at radius 2 is 1.68 bits per heavy atom. The fraction of sp³-hybridized carbons (Fsp3) is 0.364. The molecular weight excluding hydrogens is 264 g/mol. The highest BCUT2D eigenvalue weighted by Gasteiger charge is 2.25.